The van der Waals surface area contributed by atoms with Crippen molar-refractivity contribution < 1.29 is 12.8 Å². The normalized spacial score (nSPS) is 28.0. The number of nitrogens with one attached hydrogen (secondary N) is 2. The highest BCUT2D eigenvalue weighted by molar-refractivity contribution is 7.91. The summed E-state index contributed by atoms with van der Waals surface area (Å²) in [5.74, 6) is 0.551. The van der Waals surface area contributed by atoms with Gasteiger partial charge in [0.25, 0.3) is 0 Å². The van der Waals surface area contributed by atoms with E-state index in [1.54, 1.807) is 12.1 Å². The number of hydrogen-bond donors (Lipinski definition) is 2. The monoisotopic (exact) mass is 374 g/mol. The third-order valence-electron chi connectivity index (χ3n) is 5.67. The molecule has 138 valence electrons. The van der Waals surface area contributed by atoms with E-state index >= 15 is 0 Å². The third-order valence-corrected chi connectivity index (χ3v) is 7.42. The van der Waals surface area contributed by atoms with Crippen molar-refractivity contribution >= 4 is 15.5 Å². The van der Waals surface area contributed by atoms with Gasteiger partial charge in [0.1, 0.15) is 5.82 Å². The Bertz CT molecular complexity index is 945. The molecule has 2 heterocycles. The molecule has 0 saturated carbocycles. The second-order valence-corrected chi connectivity index (χ2v) is 9.47. The average molecular weight is 374 g/mol. The molecule has 2 N–H and O–H groups in total. The largest absolute Gasteiger partial charge is 0.381 e. The van der Waals surface area contributed by atoms with E-state index in [1.807, 2.05) is 6.07 Å². The summed E-state index contributed by atoms with van der Waals surface area (Å²) in [7, 11) is -3.74. The van der Waals surface area contributed by atoms with Crippen molar-refractivity contribution in [2.75, 3.05) is 18.4 Å². The quantitative estimate of drug-likeness (QED) is 0.846. The van der Waals surface area contributed by atoms with Gasteiger partial charge in [0.2, 0.25) is 9.84 Å². The van der Waals surface area contributed by atoms with E-state index in [-0.39, 0.29) is 15.7 Å². The lowest BCUT2D eigenvalue weighted by Gasteiger charge is -2.26. The molecule has 0 amide bonds. The summed E-state index contributed by atoms with van der Waals surface area (Å²) in [6.07, 6.45) is 0. The molecule has 0 aliphatic carbocycles. The highest BCUT2D eigenvalue weighted by atomic mass is 32.2. The smallest absolute Gasteiger partial charge is 0.206 e. The van der Waals surface area contributed by atoms with Crippen LogP contribution in [0.3, 0.4) is 0 Å². The summed E-state index contributed by atoms with van der Waals surface area (Å²) in [6, 6.07) is 10.7. The Labute approximate surface area is 153 Å². The van der Waals surface area contributed by atoms with Crippen molar-refractivity contribution in [1.82, 2.24) is 5.32 Å². The van der Waals surface area contributed by atoms with Gasteiger partial charge in [-0.15, -0.1) is 0 Å². The fraction of sp³-hybridized carbons (Fsp3) is 0.400. The molecule has 0 spiro atoms. The maximum Gasteiger partial charge on any atom is 0.206 e. The standard InChI is InChI=1S/C20H23FN2O2S/c1-12-10-22-11-13(2)20-19(12)17-9-16(6-7-18(17)23-20)26(24,25)15-5-3-4-14(21)8-15/h3-9,12-13,19-20,22-23H,10-11H2,1-2H3/t12?,13?,19-,20?/m0/s1. The van der Waals surface area contributed by atoms with Gasteiger partial charge in [-0.2, -0.15) is 0 Å². The van der Waals surface area contributed by atoms with Crippen molar-refractivity contribution in [2.24, 2.45) is 11.8 Å². The third kappa shape index (κ3) is 2.81. The molecule has 0 aromatic heterocycles. The Morgan fingerprint density at radius 3 is 2.50 bits per heavy atom. The second kappa shape index (κ2) is 6.35. The van der Waals surface area contributed by atoms with Gasteiger partial charge >= 0.3 is 0 Å². The van der Waals surface area contributed by atoms with Crippen molar-refractivity contribution in [3.8, 4) is 0 Å². The topological polar surface area (TPSA) is 58.2 Å². The summed E-state index contributed by atoms with van der Waals surface area (Å²) in [6.45, 7) is 6.27. The van der Waals surface area contributed by atoms with E-state index in [4.69, 9.17) is 0 Å². The van der Waals surface area contributed by atoms with Crippen LogP contribution in [0.15, 0.2) is 52.3 Å². The molecule has 1 fully saturated rings. The average Bonchev–Trinajstić information content (AvgIpc) is 2.94. The number of sulfone groups is 1. The van der Waals surface area contributed by atoms with Crippen LogP contribution in [0, 0.1) is 17.7 Å². The molecule has 3 unspecified atom stereocenters. The van der Waals surface area contributed by atoms with E-state index in [0.29, 0.717) is 17.9 Å². The zero-order chi connectivity index (χ0) is 18.5. The Kier molecular flexibility index (Phi) is 4.28. The Hall–Kier alpha value is -1.92. The van der Waals surface area contributed by atoms with Gasteiger partial charge < -0.3 is 10.6 Å². The first-order valence-electron chi connectivity index (χ1n) is 9.00. The molecule has 1 saturated heterocycles. The van der Waals surface area contributed by atoms with Gasteiger partial charge in [0, 0.05) is 17.6 Å². The molecule has 4 atom stereocenters. The van der Waals surface area contributed by atoms with Gasteiger partial charge in [-0.1, -0.05) is 19.9 Å². The van der Waals surface area contributed by atoms with Crippen LogP contribution in [0.1, 0.15) is 25.3 Å². The molecule has 2 aromatic rings. The van der Waals surface area contributed by atoms with Crippen LogP contribution in [0.25, 0.3) is 0 Å². The number of anilines is 1. The summed E-state index contributed by atoms with van der Waals surface area (Å²) >= 11 is 0. The molecule has 4 rings (SSSR count). The predicted molar refractivity (Wildman–Crippen MR) is 99.6 cm³/mol. The number of halogens is 1. The zero-order valence-electron chi connectivity index (χ0n) is 14.9. The Balaban J connectivity index is 1.78. The molecule has 2 aliphatic heterocycles. The summed E-state index contributed by atoms with van der Waals surface area (Å²) in [4.78, 5) is 0.213. The van der Waals surface area contributed by atoms with Crippen molar-refractivity contribution in [1.29, 1.82) is 0 Å². The first kappa shape index (κ1) is 17.5. The van der Waals surface area contributed by atoms with Crippen molar-refractivity contribution in [3.63, 3.8) is 0 Å². The zero-order valence-corrected chi connectivity index (χ0v) is 15.7. The second-order valence-electron chi connectivity index (χ2n) is 7.52. The summed E-state index contributed by atoms with van der Waals surface area (Å²) in [5, 5.41) is 7.07. The van der Waals surface area contributed by atoms with Gasteiger partial charge in [0.05, 0.1) is 9.79 Å². The lowest BCUT2D eigenvalue weighted by molar-refractivity contribution is 0.402. The molecule has 0 radical (unpaired) electrons. The minimum atomic E-state index is -3.74. The van der Waals surface area contributed by atoms with Gasteiger partial charge in [0.15, 0.2) is 0 Å². The lowest BCUT2D eigenvalue weighted by Crippen LogP contribution is -2.32. The van der Waals surface area contributed by atoms with E-state index in [9.17, 15) is 12.8 Å². The molecule has 6 heteroatoms. The molecule has 2 aliphatic rings. The summed E-state index contributed by atoms with van der Waals surface area (Å²) in [5.41, 5.74) is 2.06. The van der Waals surface area contributed by atoms with E-state index < -0.39 is 15.7 Å². The first-order valence-corrected chi connectivity index (χ1v) is 10.5. The number of rotatable bonds is 2. The van der Waals surface area contributed by atoms with Crippen LogP contribution in [0.2, 0.25) is 0 Å². The van der Waals surface area contributed by atoms with E-state index in [0.717, 1.165) is 30.4 Å². The Morgan fingerprint density at radius 2 is 1.73 bits per heavy atom. The fourth-order valence-corrected chi connectivity index (χ4v) is 5.62. The Morgan fingerprint density at radius 1 is 1.00 bits per heavy atom. The molecule has 4 nitrogen and oxygen atoms in total. The van der Waals surface area contributed by atoms with Crippen LogP contribution in [-0.4, -0.2) is 27.5 Å². The molecule has 2 aromatic carbocycles. The van der Waals surface area contributed by atoms with Crippen LogP contribution in [0.5, 0.6) is 0 Å². The van der Waals surface area contributed by atoms with Gasteiger partial charge in [-0.25, -0.2) is 12.8 Å². The van der Waals surface area contributed by atoms with Crippen molar-refractivity contribution in [2.45, 2.75) is 35.6 Å². The lowest BCUT2D eigenvalue weighted by atomic mass is 9.81. The van der Waals surface area contributed by atoms with Crippen LogP contribution < -0.4 is 10.6 Å². The van der Waals surface area contributed by atoms with Crippen LogP contribution >= 0.6 is 0 Å². The van der Waals surface area contributed by atoms with Crippen molar-refractivity contribution in [3.05, 3.63) is 53.8 Å². The highest BCUT2D eigenvalue weighted by Gasteiger charge is 2.40. The minimum Gasteiger partial charge on any atom is -0.381 e. The highest BCUT2D eigenvalue weighted by Crippen LogP contribution is 2.45. The summed E-state index contributed by atoms with van der Waals surface area (Å²) < 4.78 is 39.4. The van der Waals surface area contributed by atoms with E-state index in [1.165, 1.54) is 18.2 Å². The number of hydrogen-bond acceptors (Lipinski definition) is 4. The molecular weight excluding hydrogens is 351 g/mol. The first-order chi connectivity index (χ1) is 12.4. The SMILES string of the molecule is CC1CNCC(C)[C@H]2c3cc(S(=O)(=O)c4cccc(F)c4)ccc3NC12. The number of benzene rings is 2. The van der Waals surface area contributed by atoms with Gasteiger partial charge in [-0.3, -0.25) is 0 Å². The fourth-order valence-electron chi connectivity index (χ4n) is 4.30. The molecular formula is C20H23FN2O2S. The van der Waals surface area contributed by atoms with Crippen LogP contribution in [-0.2, 0) is 9.84 Å². The predicted octanol–water partition coefficient (Wildman–Crippen LogP) is 3.41. The maximum atomic E-state index is 13.5. The molecule has 0 bridgehead atoms. The number of fused-ring (bicyclic) bond motifs is 3. The minimum absolute atomic E-state index is 0.0103. The van der Waals surface area contributed by atoms with E-state index in [2.05, 4.69) is 24.5 Å². The maximum absolute atomic E-state index is 13.5. The van der Waals surface area contributed by atoms with Crippen LogP contribution in [0.4, 0.5) is 10.1 Å². The van der Waals surface area contributed by atoms with Gasteiger partial charge in [-0.05, 0) is 66.9 Å². The molecule has 26 heavy (non-hydrogen) atoms.